The number of carbonyl (C=O) groups excluding carboxylic acids is 1. The third-order valence-electron chi connectivity index (χ3n) is 4.22. The van der Waals surface area contributed by atoms with Gasteiger partial charge in [-0.2, -0.15) is 0 Å². The van der Waals surface area contributed by atoms with E-state index in [1.807, 2.05) is 19.1 Å². The second-order valence-electron chi connectivity index (χ2n) is 5.86. The number of carbonyl (C=O) groups is 1. The first-order chi connectivity index (χ1) is 11.6. The van der Waals surface area contributed by atoms with Crippen LogP contribution in [0.3, 0.4) is 0 Å². The minimum atomic E-state index is -0.473. The molecule has 2 heterocycles. The maximum atomic E-state index is 12.4. The lowest BCUT2D eigenvalue weighted by molar-refractivity contribution is -0.132. The summed E-state index contributed by atoms with van der Waals surface area (Å²) >= 11 is 0. The molecule has 1 aliphatic heterocycles. The van der Waals surface area contributed by atoms with Crippen molar-refractivity contribution in [3.05, 3.63) is 46.6 Å². The van der Waals surface area contributed by atoms with Gasteiger partial charge in [-0.3, -0.25) is 14.3 Å². The highest BCUT2D eigenvalue weighted by atomic mass is 16.5. The molecule has 0 radical (unpaired) electrons. The molecule has 3 rings (SSSR count). The lowest BCUT2D eigenvalue weighted by Crippen LogP contribution is -2.47. The minimum absolute atomic E-state index is 0.163. The molecule has 7 heteroatoms. The third-order valence-corrected chi connectivity index (χ3v) is 4.22. The van der Waals surface area contributed by atoms with Crippen LogP contribution in [0, 0.1) is 6.92 Å². The summed E-state index contributed by atoms with van der Waals surface area (Å²) in [6, 6.07) is 7.22. The monoisotopic (exact) mass is 330 g/mol. The van der Waals surface area contributed by atoms with E-state index in [0.717, 1.165) is 18.8 Å². The van der Waals surface area contributed by atoms with E-state index >= 15 is 0 Å². The van der Waals surface area contributed by atoms with Gasteiger partial charge in [-0.1, -0.05) is 13.0 Å². The number of ether oxygens (including phenoxy) is 1. The number of amides is 1. The summed E-state index contributed by atoms with van der Waals surface area (Å²) in [6.07, 6.45) is 1.18. The molecule has 1 aromatic heterocycles. The van der Waals surface area contributed by atoms with Gasteiger partial charge in [0.15, 0.2) is 0 Å². The van der Waals surface area contributed by atoms with E-state index in [0.29, 0.717) is 24.5 Å². The number of anilines is 1. The molecule has 1 atom stereocenters. The molecule has 1 amide bonds. The Morgan fingerprint density at radius 3 is 3.00 bits per heavy atom. The average molecular weight is 330 g/mol. The Bertz CT molecular complexity index is 780. The van der Waals surface area contributed by atoms with E-state index in [-0.39, 0.29) is 11.6 Å². The summed E-state index contributed by atoms with van der Waals surface area (Å²) in [4.78, 5) is 29.1. The molecule has 1 unspecified atom stereocenters. The molecule has 7 nitrogen and oxygen atoms in total. The number of rotatable bonds is 4. The number of aromatic nitrogens is 2. The normalized spacial score (nSPS) is 18.5. The number of H-pyrrole nitrogens is 1. The first-order valence-electron chi connectivity index (χ1n) is 8.10. The lowest BCUT2D eigenvalue weighted by atomic mass is 10.2. The van der Waals surface area contributed by atoms with Crippen molar-refractivity contribution in [1.29, 1.82) is 0 Å². The highest BCUT2D eigenvalue weighted by molar-refractivity contribution is 5.94. The fourth-order valence-electron chi connectivity index (χ4n) is 2.87. The van der Waals surface area contributed by atoms with Crippen LogP contribution in [0.2, 0.25) is 0 Å². The largest absolute Gasteiger partial charge is 0.366 e. The maximum absolute atomic E-state index is 12.4. The van der Waals surface area contributed by atoms with Crippen molar-refractivity contribution in [2.75, 3.05) is 31.6 Å². The number of aryl methyl sites for hydroxylation is 1. The molecule has 0 spiro atoms. The number of imidazole rings is 1. The standard InChI is InChI=1S/C17H22N4O3/c1-3-20-7-8-24-15(11-20)16(22)19-13-5-4-6-14(9-13)21-12(2)10-18-17(21)23/h4-6,9-10,15H,3,7-8,11H2,1-2H3,(H,18,23)(H,19,22). The van der Waals surface area contributed by atoms with Crippen LogP contribution in [0.5, 0.6) is 0 Å². The molecule has 1 fully saturated rings. The molecule has 2 aromatic rings. The summed E-state index contributed by atoms with van der Waals surface area (Å²) in [6.45, 7) is 6.82. The summed E-state index contributed by atoms with van der Waals surface area (Å²) < 4.78 is 7.13. The average Bonchev–Trinajstić information content (AvgIpc) is 2.93. The second kappa shape index (κ2) is 7.02. The fraction of sp³-hybridized carbons (Fsp3) is 0.412. The number of nitrogens with zero attached hydrogens (tertiary/aromatic N) is 2. The summed E-state index contributed by atoms with van der Waals surface area (Å²) in [7, 11) is 0. The zero-order valence-electron chi connectivity index (χ0n) is 13.9. The van der Waals surface area contributed by atoms with Gasteiger partial charge in [0, 0.05) is 30.7 Å². The van der Waals surface area contributed by atoms with Gasteiger partial charge < -0.3 is 15.0 Å². The summed E-state index contributed by atoms with van der Waals surface area (Å²) in [5.74, 6) is -0.163. The van der Waals surface area contributed by atoms with E-state index in [2.05, 4.69) is 22.1 Å². The van der Waals surface area contributed by atoms with Gasteiger partial charge in [0.05, 0.1) is 12.3 Å². The molecular formula is C17H22N4O3. The highest BCUT2D eigenvalue weighted by Crippen LogP contribution is 2.16. The van der Waals surface area contributed by atoms with Crippen molar-refractivity contribution in [2.45, 2.75) is 20.0 Å². The minimum Gasteiger partial charge on any atom is -0.366 e. The molecule has 1 aromatic carbocycles. The Labute approximate surface area is 140 Å². The maximum Gasteiger partial charge on any atom is 0.330 e. The first kappa shape index (κ1) is 16.5. The van der Waals surface area contributed by atoms with Crippen molar-refractivity contribution in [3.63, 3.8) is 0 Å². The van der Waals surface area contributed by atoms with Gasteiger partial charge in [0.25, 0.3) is 5.91 Å². The number of nitrogens with one attached hydrogen (secondary N) is 2. The Morgan fingerprint density at radius 2 is 2.29 bits per heavy atom. The van der Waals surface area contributed by atoms with Crippen LogP contribution in [0.25, 0.3) is 5.69 Å². The van der Waals surface area contributed by atoms with Crippen LogP contribution < -0.4 is 11.0 Å². The number of hydrogen-bond acceptors (Lipinski definition) is 4. The predicted molar refractivity (Wildman–Crippen MR) is 91.6 cm³/mol. The quantitative estimate of drug-likeness (QED) is 0.881. The number of likely N-dealkylation sites (N-methyl/N-ethyl adjacent to an activating group) is 1. The van der Waals surface area contributed by atoms with Crippen LogP contribution in [0.1, 0.15) is 12.6 Å². The Morgan fingerprint density at radius 1 is 1.46 bits per heavy atom. The van der Waals surface area contributed by atoms with Crippen LogP contribution in [0.4, 0.5) is 5.69 Å². The van der Waals surface area contributed by atoms with E-state index in [1.165, 1.54) is 0 Å². The second-order valence-corrected chi connectivity index (χ2v) is 5.86. The molecule has 1 saturated heterocycles. The smallest absolute Gasteiger partial charge is 0.330 e. The first-order valence-corrected chi connectivity index (χ1v) is 8.10. The topological polar surface area (TPSA) is 79.4 Å². The number of benzene rings is 1. The molecule has 24 heavy (non-hydrogen) atoms. The van der Waals surface area contributed by atoms with Gasteiger partial charge in [0.1, 0.15) is 6.10 Å². The summed E-state index contributed by atoms with van der Waals surface area (Å²) in [5, 5.41) is 2.88. The third kappa shape index (κ3) is 3.42. The molecule has 128 valence electrons. The van der Waals surface area contributed by atoms with Crippen LogP contribution >= 0.6 is 0 Å². The molecule has 2 N–H and O–H groups in total. The van der Waals surface area contributed by atoms with Crippen LogP contribution in [-0.4, -0.2) is 52.7 Å². The van der Waals surface area contributed by atoms with Crippen molar-refractivity contribution in [1.82, 2.24) is 14.5 Å². The molecule has 1 aliphatic rings. The van der Waals surface area contributed by atoms with E-state index in [4.69, 9.17) is 4.74 Å². The van der Waals surface area contributed by atoms with Crippen molar-refractivity contribution >= 4 is 11.6 Å². The van der Waals surface area contributed by atoms with Crippen LogP contribution in [-0.2, 0) is 9.53 Å². The molecule has 0 bridgehead atoms. The Balaban J connectivity index is 1.75. The van der Waals surface area contributed by atoms with Crippen molar-refractivity contribution in [2.24, 2.45) is 0 Å². The fourth-order valence-corrected chi connectivity index (χ4v) is 2.87. The van der Waals surface area contributed by atoms with Gasteiger partial charge in [-0.15, -0.1) is 0 Å². The zero-order chi connectivity index (χ0) is 17.1. The van der Waals surface area contributed by atoms with Gasteiger partial charge in [-0.25, -0.2) is 4.79 Å². The van der Waals surface area contributed by atoms with Crippen LogP contribution in [0.15, 0.2) is 35.3 Å². The Kier molecular flexibility index (Phi) is 4.82. The van der Waals surface area contributed by atoms with E-state index in [1.54, 1.807) is 22.9 Å². The van der Waals surface area contributed by atoms with E-state index < -0.39 is 6.10 Å². The van der Waals surface area contributed by atoms with Crippen molar-refractivity contribution in [3.8, 4) is 5.69 Å². The van der Waals surface area contributed by atoms with Gasteiger partial charge in [0.2, 0.25) is 0 Å². The lowest BCUT2D eigenvalue weighted by Gasteiger charge is -2.31. The highest BCUT2D eigenvalue weighted by Gasteiger charge is 2.25. The van der Waals surface area contributed by atoms with Crippen molar-refractivity contribution < 1.29 is 9.53 Å². The number of hydrogen-bond donors (Lipinski definition) is 2. The van der Waals surface area contributed by atoms with Gasteiger partial charge in [-0.05, 0) is 31.7 Å². The molecular weight excluding hydrogens is 308 g/mol. The zero-order valence-corrected chi connectivity index (χ0v) is 13.9. The molecule has 0 saturated carbocycles. The number of morpholine rings is 1. The number of aromatic amines is 1. The SMILES string of the molecule is CCN1CCOC(C(=O)Nc2cccc(-n3c(C)c[nH]c3=O)c2)C1. The Hall–Kier alpha value is -2.38. The predicted octanol–water partition coefficient (Wildman–Crippen LogP) is 1.13. The van der Waals surface area contributed by atoms with E-state index in [9.17, 15) is 9.59 Å². The van der Waals surface area contributed by atoms with Gasteiger partial charge >= 0.3 is 5.69 Å². The molecule has 0 aliphatic carbocycles. The summed E-state index contributed by atoms with van der Waals surface area (Å²) in [5.41, 5.74) is 1.95.